The average Bonchev–Trinajstić information content (AvgIpc) is 3.12. The van der Waals surface area contributed by atoms with E-state index < -0.39 is 0 Å². The van der Waals surface area contributed by atoms with Crippen LogP contribution in [0.2, 0.25) is 0 Å². The lowest BCUT2D eigenvalue weighted by Gasteiger charge is -2.36. The first kappa shape index (κ1) is 18.3. The fourth-order valence-electron chi connectivity index (χ4n) is 4.01. The van der Waals surface area contributed by atoms with Crippen molar-refractivity contribution in [3.63, 3.8) is 0 Å². The predicted octanol–water partition coefficient (Wildman–Crippen LogP) is 4.15. The summed E-state index contributed by atoms with van der Waals surface area (Å²) in [4.78, 5) is 26.7. The summed E-state index contributed by atoms with van der Waals surface area (Å²) in [6.45, 7) is 4.12. The molecule has 144 valence electrons. The highest BCUT2D eigenvalue weighted by Crippen LogP contribution is 2.32. The molecule has 0 saturated heterocycles. The van der Waals surface area contributed by atoms with Crippen LogP contribution in [0.4, 0.5) is 0 Å². The number of benzene rings is 2. The van der Waals surface area contributed by atoms with E-state index in [9.17, 15) is 9.59 Å². The molecule has 1 aliphatic rings. The van der Waals surface area contributed by atoms with Gasteiger partial charge < -0.3 is 14.6 Å². The monoisotopic (exact) mass is 376 g/mol. The van der Waals surface area contributed by atoms with Crippen molar-refractivity contribution in [2.45, 2.75) is 38.8 Å². The molecule has 3 aromatic rings. The van der Waals surface area contributed by atoms with Crippen LogP contribution in [0, 0.1) is 0 Å². The van der Waals surface area contributed by atoms with Crippen LogP contribution in [0.3, 0.4) is 0 Å². The largest absolute Gasteiger partial charge is 0.459 e. The van der Waals surface area contributed by atoms with Crippen LogP contribution >= 0.6 is 0 Å². The zero-order chi connectivity index (χ0) is 19.7. The predicted molar refractivity (Wildman–Crippen MR) is 108 cm³/mol. The Bertz CT molecular complexity index is 990. The van der Waals surface area contributed by atoms with Crippen molar-refractivity contribution in [3.8, 4) is 0 Å². The number of nitrogens with one attached hydrogen (secondary N) is 1. The third-order valence-electron chi connectivity index (χ3n) is 5.44. The molecule has 2 atom stereocenters. The second-order valence-corrected chi connectivity index (χ2v) is 7.36. The molecule has 2 aromatic carbocycles. The van der Waals surface area contributed by atoms with E-state index in [1.54, 1.807) is 11.8 Å². The van der Waals surface area contributed by atoms with Gasteiger partial charge in [-0.1, -0.05) is 42.5 Å². The summed E-state index contributed by atoms with van der Waals surface area (Å²) in [6.07, 6.45) is 1.06. The fourth-order valence-corrected chi connectivity index (χ4v) is 4.01. The van der Waals surface area contributed by atoms with Crippen molar-refractivity contribution >= 4 is 22.8 Å². The highest BCUT2D eigenvalue weighted by molar-refractivity contribution is 5.81. The van der Waals surface area contributed by atoms with E-state index >= 15 is 0 Å². The number of carbonyl (C=O) groups is 2. The Morgan fingerprint density at radius 1 is 1.18 bits per heavy atom. The Labute approximate surface area is 164 Å². The van der Waals surface area contributed by atoms with Gasteiger partial charge >= 0.3 is 0 Å². The van der Waals surface area contributed by atoms with Crippen LogP contribution in [-0.4, -0.2) is 23.3 Å². The summed E-state index contributed by atoms with van der Waals surface area (Å²) in [5.74, 6) is 0.626. The van der Waals surface area contributed by atoms with Gasteiger partial charge in [-0.25, -0.2) is 0 Å². The van der Waals surface area contributed by atoms with Crippen LogP contribution in [0.5, 0.6) is 0 Å². The molecule has 0 spiro atoms. The first-order valence-electron chi connectivity index (χ1n) is 9.66. The van der Waals surface area contributed by atoms with Crippen LogP contribution in [0.25, 0.3) is 11.0 Å². The van der Waals surface area contributed by atoms with E-state index in [1.165, 1.54) is 5.56 Å². The second-order valence-electron chi connectivity index (χ2n) is 7.36. The smallest absolute Gasteiger partial charge is 0.223 e. The molecule has 0 fully saturated rings. The zero-order valence-electron chi connectivity index (χ0n) is 16.1. The number of amides is 2. The van der Waals surface area contributed by atoms with E-state index in [2.05, 4.69) is 11.4 Å². The Morgan fingerprint density at radius 3 is 2.71 bits per heavy atom. The van der Waals surface area contributed by atoms with Gasteiger partial charge in [-0.15, -0.1) is 0 Å². The second kappa shape index (κ2) is 7.50. The number of carbonyl (C=O) groups excluding carboxylic acids is 2. The number of hydrogen-bond donors (Lipinski definition) is 1. The number of para-hydroxylation sites is 1. The fraction of sp³-hybridized carbons (Fsp3) is 0.304. The average molecular weight is 376 g/mol. The van der Waals surface area contributed by atoms with Gasteiger partial charge in [0, 0.05) is 18.9 Å². The molecule has 1 N–H and O–H groups in total. The highest BCUT2D eigenvalue weighted by atomic mass is 16.3. The van der Waals surface area contributed by atoms with Gasteiger partial charge in [-0.05, 0) is 36.6 Å². The Morgan fingerprint density at radius 2 is 1.93 bits per heavy atom. The summed E-state index contributed by atoms with van der Waals surface area (Å²) >= 11 is 0. The minimum Gasteiger partial charge on any atom is -0.459 e. The van der Waals surface area contributed by atoms with Crippen LogP contribution in [-0.2, 0) is 16.0 Å². The standard InChI is InChI=1S/C23H24N2O3/c1-15(22-13-18-8-4-6-10-21(18)28-22)24-23(27)14-20-19-9-5-3-7-17(19)11-12-25(20)16(2)26/h3-10,13,15,20H,11-12,14H2,1-2H3,(H,24,27). The van der Waals surface area contributed by atoms with Crippen molar-refractivity contribution in [1.29, 1.82) is 0 Å². The zero-order valence-corrected chi connectivity index (χ0v) is 16.1. The number of fused-ring (bicyclic) bond motifs is 2. The molecule has 1 aliphatic heterocycles. The first-order chi connectivity index (χ1) is 13.5. The molecule has 2 heterocycles. The lowest BCUT2D eigenvalue weighted by Crippen LogP contribution is -2.41. The molecule has 28 heavy (non-hydrogen) atoms. The maximum Gasteiger partial charge on any atom is 0.223 e. The number of nitrogens with zero attached hydrogens (tertiary/aromatic N) is 1. The minimum absolute atomic E-state index is 0.00219. The van der Waals surface area contributed by atoms with Gasteiger partial charge in [0.25, 0.3) is 0 Å². The quantitative estimate of drug-likeness (QED) is 0.744. The summed E-state index contributed by atoms with van der Waals surface area (Å²) in [6, 6.07) is 17.3. The third kappa shape index (κ3) is 3.52. The van der Waals surface area contributed by atoms with Gasteiger partial charge in [-0.3, -0.25) is 9.59 Å². The van der Waals surface area contributed by atoms with Crippen molar-refractivity contribution in [1.82, 2.24) is 10.2 Å². The molecule has 0 bridgehead atoms. The van der Waals surface area contributed by atoms with E-state index in [0.29, 0.717) is 6.54 Å². The number of hydrogen-bond acceptors (Lipinski definition) is 3. The third-order valence-corrected chi connectivity index (χ3v) is 5.44. The molecule has 1 aromatic heterocycles. The van der Waals surface area contributed by atoms with Gasteiger partial charge in [0.05, 0.1) is 18.5 Å². The molecule has 5 nitrogen and oxygen atoms in total. The molecular formula is C23H24N2O3. The molecule has 0 saturated carbocycles. The van der Waals surface area contributed by atoms with Crippen molar-refractivity contribution in [2.24, 2.45) is 0 Å². The number of rotatable bonds is 4. The van der Waals surface area contributed by atoms with Gasteiger partial charge in [0.2, 0.25) is 11.8 Å². The molecule has 0 radical (unpaired) electrons. The van der Waals surface area contributed by atoms with Gasteiger partial charge in [0.15, 0.2) is 0 Å². The van der Waals surface area contributed by atoms with Crippen molar-refractivity contribution < 1.29 is 14.0 Å². The maximum atomic E-state index is 12.8. The number of furan rings is 1. The Kier molecular flexibility index (Phi) is 4.90. The molecule has 0 aliphatic carbocycles. The lowest BCUT2D eigenvalue weighted by molar-refractivity contribution is -0.133. The molecular weight excluding hydrogens is 352 g/mol. The normalized spacial score (nSPS) is 17.2. The summed E-state index contributed by atoms with van der Waals surface area (Å²) in [5, 5.41) is 4.04. The Balaban J connectivity index is 1.50. The highest BCUT2D eigenvalue weighted by Gasteiger charge is 2.31. The molecule has 2 amide bonds. The molecule has 4 rings (SSSR count). The van der Waals surface area contributed by atoms with E-state index in [0.717, 1.165) is 28.7 Å². The molecule has 2 unspecified atom stereocenters. The van der Waals surface area contributed by atoms with E-state index in [1.807, 2.05) is 55.5 Å². The first-order valence-corrected chi connectivity index (χ1v) is 9.66. The van der Waals surface area contributed by atoms with Crippen LogP contribution < -0.4 is 5.32 Å². The van der Waals surface area contributed by atoms with E-state index in [4.69, 9.17) is 4.42 Å². The Hall–Kier alpha value is -3.08. The molecule has 5 heteroatoms. The van der Waals surface area contributed by atoms with Gasteiger partial charge in [-0.2, -0.15) is 0 Å². The van der Waals surface area contributed by atoms with E-state index in [-0.39, 0.29) is 30.3 Å². The maximum absolute atomic E-state index is 12.8. The summed E-state index contributed by atoms with van der Waals surface area (Å²) < 4.78 is 5.86. The lowest BCUT2D eigenvalue weighted by atomic mass is 9.90. The van der Waals surface area contributed by atoms with Crippen LogP contribution in [0.1, 0.15) is 49.2 Å². The topological polar surface area (TPSA) is 62.6 Å². The van der Waals surface area contributed by atoms with Gasteiger partial charge in [0.1, 0.15) is 11.3 Å². The SMILES string of the molecule is CC(=O)N1CCc2ccccc2C1CC(=O)NC(C)c1cc2ccccc2o1. The summed E-state index contributed by atoms with van der Waals surface area (Å²) in [7, 11) is 0. The van der Waals surface area contributed by atoms with Crippen LogP contribution in [0.15, 0.2) is 59.0 Å². The van der Waals surface area contributed by atoms with Crippen molar-refractivity contribution in [3.05, 3.63) is 71.5 Å². The van der Waals surface area contributed by atoms with Crippen molar-refractivity contribution in [2.75, 3.05) is 6.54 Å². The summed E-state index contributed by atoms with van der Waals surface area (Å²) in [5.41, 5.74) is 3.08. The minimum atomic E-state index is -0.246.